The molecule has 0 unspecified atom stereocenters. The molecular weight excluding hydrogens is 414 g/mol. The van der Waals surface area contributed by atoms with Gasteiger partial charge < -0.3 is 14.6 Å². The van der Waals surface area contributed by atoms with E-state index in [4.69, 9.17) is 9.84 Å². The lowest BCUT2D eigenvalue weighted by Crippen LogP contribution is -2.16. The molecule has 0 spiro atoms. The molecule has 0 radical (unpaired) electrons. The van der Waals surface area contributed by atoms with Crippen molar-refractivity contribution in [2.24, 2.45) is 0 Å². The topological polar surface area (TPSA) is 119 Å². The van der Waals surface area contributed by atoms with E-state index in [1.54, 1.807) is 32.0 Å². The second-order valence-electron chi connectivity index (χ2n) is 6.60. The molecule has 2 heterocycles. The van der Waals surface area contributed by atoms with Crippen LogP contribution in [0.15, 0.2) is 41.5 Å². The number of nitrogens with zero attached hydrogens (tertiary/aromatic N) is 3. The second-order valence-corrected chi connectivity index (χ2v) is 6.60. The molecule has 2 aromatic carbocycles. The van der Waals surface area contributed by atoms with Crippen molar-refractivity contribution in [2.45, 2.75) is 13.8 Å². The Kier molecular flexibility index (Phi) is 4.85. The predicted molar refractivity (Wildman–Crippen MR) is 104 cm³/mol. The fourth-order valence-electron chi connectivity index (χ4n) is 3.04. The third kappa shape index (κ3) is 3.68. The van der Waals surface area contributed by atoms with E-state index in [-0.39, 0.29) is 23.0 Å². The maximum absolute atomic E-state index is 15.1. The van der Waals surface area contributed by atoms with E-state index < -0.39 is 34.5 Å². The van der Waals surface area contributed by atoms with Crippen LogP contribution in [0.4, 0.5) is 13.6 Å². The number of hydrogen-bond acceptors (Lipinski definition) is 6. The van der Waals surface area contributed by atoms with Crippen molar-refractivity contribution in [1.29, 1.82) is 0 Å². The normalized spacial score (nSPS) is 11.0. The summed E-state index contributed by atoms with van der Waals surface area (Å²) in [5.41, 5.74) is 0.151. The number of ether oxygens (including phenoxy) is 2. The molecule has 31 heavy (non-hydrogen) atoms. The first-order chi connectivity index (χ1) is 14.7. The fourth-order valence-corrected chi connectivity index (χ4v) is 3.04. The van der Waals surface area contributed by atoms with Gasteiger partial charge in [0, 0.05) is 6.07 Å². The zero-order valence-corrected chi connectivity index (χ0v) is 16.1. The zero-order chi connectivity index (χ0) is 22.3. The molecule has 0 aliphatic heterocycles. The van der Waals surface area contributed by atoms with Crippen molar-refractivity contribution < 1.29 is 28.2 Å². The minimum atomic E-state index is -1.56. The molecule has 0 saturated carbocycles. The molecule has 4 rings (SSSR count). The third-order valence-electron chi connectivity index (χ3n) is 4.43. The maximum atomic E-state index is 15.1. The zero-order valence-electron chi connectivity index (χ0n) is 16.1. The van der Waals surface area contributed by atoms with Crippen molar-refractivity contribution in [1.82, 2.24) is 19.7 Å². The van der Waals surface area contributed by atoms with Gasteiger partial charge in [-0.2, -0.15) is 5.10 Å². The predicted octanol–water partition coefficient (Wildman–Crippen LogP) is 3.85. The Morgan fingerprint density at radius 3 is 2.58 bits per heavy atom. The lowest BCUT2D eigenvalue weighted by atomic mass is 10.1. The van der Waals surface area contributed by atoms with E-state index >= 15 is 4.39 Å². The van der Waals surface area contributed by atoms with Gasteiger partial charge in [-0.05, 0) is 25.0 Å². The molecule has 11 heteroatoms. The van der Waals surface area contributed by atoms with Crippen molar-refractivity contribution >= 4 is 17.1 Å². The summed E-state index contributed by atoms with van der Waals surface area (Å²) in [5.74, 6) is -3.02. The number of rotatable bonds is 4. The van der Waals surface area contributed by atoms with Crippen molar-refractivity contribution in [3.05, 3.63) is 69.8 Å². The summed E-state index contributed by atoms with van der Waals surface area (Å²) in [6, 6.07) is 6.11. The van der Waals surface area contributed by atoms with Gasteiger partial charge in [0.05, 0.1) is 17.9 Å². The van der Waals surface area contributed by atoms with Gasteiger partial charge in [-0.1, -0.05) is 18.2 Å². The minimum Gasteiger partial charge on any atom is -0.451 e. The van der Waals surface area contributed by atoms with E-state index in [0.717, 1.165) is 23.1 Å². The van der Waals surface area contributed by atoms with Gasteiger partial charge in [0.2, 0.25) is 5.95 Å². The van der Waals surface area contributed by atoms with Crippen molar-refractivity contribution in [2.75, 3.05) is 0 Å². The van der Waals surface area contributed by atoms with Crippen LogP contribution in [0.3, 0.4) is 0 Å². The summed E-state index contributed by atoms with van der Waals surface area (Å²) in [6.45, 7) is 3.46. The molecule has 0 atom stereocenters. The number of carbonyl (C=O) groups is 1. The summed E-state index contributed by atoms with van der Waals surface area (Å²) in [7, 11) is 0. The number of aryl methyl sites for hydroxylation is 2. The van der Waals surface area contributed by atoms with E-state index in [1.807, 2.05) is 0 Å². The fraction of sp³-hybridized carbons (Fsp3) is 0.100. The SMILES string of the molecule is Cc1cccc(C)c1Oc1c(F)cc2nc(-n3cc(OC(=O)O)cn3)[nH]c(=O)c2c1F. The van der Waals surface area contributed by atoms with E-state index in [0.29, 0.717) is 11.1 Å². The van der Waals surface area contributed by atoms with E-state index in [9.17, 15) is 14.0 Å². The Hall–Kier alpha value is -4.28. The molecule has 158 valence electrons. The quantitative estimate of drug-likeness (QED) is 0.474. The molecular formula is C20H14F2N4O5. The molecule has 0 fully saturated rings. The summed E-state index contributed by atoms with van der Waals surface area (Å²) in [5, 5.41) is 11.9. The first-order valence-corrected chi connectivity index (χ1v) is 8.86. The van der Waals surface area contributed by atoms with Gasteiger partial charge in [0.1, 0.15) is 11.1 Å². The first-order valence-electron chi connectivity index (χ1n) is 8.86. The lowest BCUT2D eigenvalue weighted by molar-refractivity contribution is 0.144. The molecule has 2 N–H and O–H groups in total. The molecule has 0 aliphatic rings. The monoisotopic (exact) mass is 428 g/mol. The second kappa shape index (κ2) is 7.52. The lowest BCUT2D eigenvalue weighted by Gasteiger charge is -2.14. The number of hydrogen-bond donors (Lipinski definition) is 2. The van der Waals surface area contributed by atoms with Crippen LogP contribution < -0.4 is 15.0 Å². The standard InChI is InChI=1S/C20H14F2N4O5/c1-9-4-3-5-10(2)16(9)31-17-12(21)6-13-14(15(17)22)18(27)25-19(24-13)26-8-11(7-23-26)30-20(28)29/h3-8H,1-2H3,(H,28,29)(H,24,25,27). The van der Waals surface area contributed by atoms with Crippen LogP contribution in [0, 0.1) is 25.5 Å². The largest absolute Gasteiger partial charge is 0.511 e. The number of halogens is 2. The molecule has 0 amide bonds. The van der Waals surface area contributed by atoms with Crippen LogP contribution in [0.2, 0.25) is 0 Å². The Morgan fingerprint density at radius 1 is 1.19 bits per heavy atom. The Balaban J connectivity index is 1.81. The Bertz CT molecular complexity index is 1380. The highest BCUT2D eigenvalue weighted by Gasteiger charge is 2.22. The van der Waals surface area contributed by atoms with Crippen molar-refractivity contribution in [3.8, 4) is 23.2 Å². The molecule has 4 aromatic rings. The molecule has 0 aliphatic carbocycles. The molecule has 9 nitrogen and oxygen atoms in total. The average Bonchev–Trinajstić information content (AvgIpc) is 3.14. The third-order valence-corrected chi connectivity index (χ3v) is 4.43. The number of H-pyrrole nitrogens is 1. The summed E-state index contributed by atoms with van der Waals surface area (Å²) in [6.07, 6.45) is 0.643. The van der Waals surface area contributed by atoms with Gasteiger partial charge in [-0.25, -0.2) is 23.2 Å². The Morgan fingerprint density at radius 2 is 1.90 bits per heavy atom. The highest BCUT2D eigenvalue weighted by atomic mass is 19.1. The van der Waals surface area contributed by atoms with Gasteiger partial charge in [-0.15, -0.1) is 0 Å². The molecule has 0 bridgehead atoms. The number of carboxylic acid groups (broad SMARTS) is 1. The number of fused-ring (bicyclic) bond motifs is 1. The minimum absolute atomic E-state index is 0.134. The summed E-state index contributed by atoms with van der Waals surface area (Å²) in [4.78, 5) is 29.5. The van der Waals surface area contributed by atoms with Crippen molar-refractivity contribution in [3.63, 3.8) is 0 Å². The number of nitrogens with one attached hydrogen (secondary N) is 1. The van der Waals surface area contributed by atoms with E-state index in [1.165, 1.54) is 0 Å². The summed E-state index contributed by atoms with van der Waals surface area (Å²) >= 11 is 0. The smallest absolute Gasteiger partial charge is 0.451 e. The van der Waals surface area contributed by atoms with Gasteiger partial charge in [0.15, 0.2) is 23.1 Å². The van der Waals surface area contributed by atoms with Gasteiger partial charge in [-0.3, -0.25) is 9.78 Å². The highest BCUT2D eigenvalue weighted by molar-refractivity contribution is 5.81. The van der Waals surface area contributed by atoms with Crippen LogP contribution in [0.5, 0.6) is 17.2 Å². The number of benzene rings is 2. The van der Waals surface area contributed by atoms with Crippen LogP contribution in [0.25, 0.3) is 16.9 Å². The van der Waals surface area contributed by atoms with Gasteiger partial charge >= 0.3 is 6.16 Å². The van der Waals surface area contributed by atoms with Gasteiger partial charge in [0.25, 0.3) is 5.56 Å². The molecule has 2 aromatic heterocycles. The van der Waals surface area contributed by atoms with Crippen LogP contribution in [-0.4, -0.2) is 31.0 Å². The number of aromatic amines is 1. The maximum Gasteiger partial charge on any atom is 0.511 e. The average molecular weight is 428 g/mol. The van der Waals surface area contributed by atoms with Crippen LogP contribution in [0.1, 0.15) is 11.1 Å². The number of aromatic nitrogens is 4. The van der Waals surface area contributed by atoms with Crippen LogP contribution >= 0.6 is 0 Å². The van der Waals surface area contributed by atoms with E-state index in [2.05, 4.69) is 19.8 Å². The van der Waals surface area contributed by atoms with Crippen LogP contribution in [-0.2, 0) is 0 Å². The summed E-state index contributed by atoms with van der Waals surface area (Å²) < 4.78 is 40.7. The highest BCUT2D eigenvalue weighted by Crippen LogP contribution is 2.34. The first kappa shape index (κ1) is 20.0. The Labute approximate surface area is 172 Å². The molecule has 0 saturated heterocycles. The number of para-hydroxylation sites is 1.